The smallest absolute Gasteiger partial charge is 0.121 e. The zero-order valence-corrected chi connectivity index (χ0v) is 10.0. The van der Waals surface area contributed by atoms with E-state index in [0.717, 1.165) is 0 Å². The quantitative estimate of drug-likeness (QED) is 0.865. The van der Waals surface area contributed by atoms with Crippen molar-refractivity contribution in [1.29, 1.82) is 0 Å². The van der Waals surface area contributed by atoms with E-state index in [1.165, 1.54) is 7.11 Å². The fourth-order valence-corrected chi connectivity index (χ4v) is 1.91. The Morgan fingerprint density at radius 1 is 1.33 bits per heavy atom. The van der Waals surface area contributed by atoms with E-state index in [0.29, 0.717) is 21.4 Å². The second-order valence-electron chi connectivity index (χ2n) is 3.31. The maximum Gasteiger partial charge on any atom is 0.121 e. The van der Waals surface area contributed by atoms with Crippen LogP contribution in [0.15, 0.2) is 12.1 Å². The molecule has 0 bridgehead atoms. The molecule has 0 aromatic heterocycles. The van der Waals surface area contributed by atoms with Crippen molar-refractivity contribution >= 4 is 23.2 Å². The molecule has 0 saturated heterocycles. The predicted molar refractivity (Wildman–Crippen MR) is 61.6 cm³/mol. The molecular weight excluding hydrogens is 237 g/mol. The number of hydrogen-bond acceptors (Lipinski definition) is 3. The van der Waals surface area contributed by atoms with Gasteiger partial charge in [0.25, 0.3) is 0 Å². The summed E-state index contributed by atoms with van der Waals surface area (Å²) in [7, 11) is 1.52. The van der Waals surface area contributed by atoms with Crippen molar-refractivity contribution in [2.45, 2.75) is 19.1 Å². The van der Waals surface area contributed by atoms with Gasteiger partial charge in [-0.05, 0) is 19.1 Å². The van der Waals surface area contributed by atoms with Crippen molar-refractivity contribution in [1.82, 2.24) is 0 Å². The minimum absolute atomic E-state index is 0.351. The Morgan fingerprint density at radius 3 is 2.13 bits per heavy atom. The largest absolute Gasteiger partial charge is 0.497 e. The predicted octanol–water partition coefficient (Wildman–Crippen LogP) is 2.38. The van der Waals surface area contributed by atoms with Crippen LogP contribution in [0.4, 0.5) is 0 Å². The van der Waals surface area contributed by atoms with E-state index in [1.807, 2.05) is 0 Å². The molecule has 1 rings (SSSR count). The van der Waals surface area contributed by atoms with E-state index in [-0.39, 0.29) is 0 Å². The summed E-state index contributed by atoms with van der Waals surface area (Å²) in [4.78, 5) is 0. The minimum atomic E-state index is -0.879. The molecule has 0 heterocycles. The van der Waals surface area contributed by atoms with Crippen molar-refractivity contribution in [3.05, 3.63) is 27.7 Å². The maximum absolute atomic E-state index is 9.79. The molecule has 3 N–H and O–H groups in total. The Kier molecular flexibility index (Phi) is 4.22. The molecule has 84 valence electrons. The number of rotatable bonds is 3. The average Bonchev–Trinajstić information content (AvgIpc) is 2.16. The molecule has 0 fully saturated rings. The number of nitrogens with two attached hydrogens (primary N) is 1. The Bertz CT molecular complexity index is 332. The van der Waals surface area contributed by atoms with Crippen LogP contribution >= 0.6 is 23.2 Å². The summed E-state index contributed by atoms with van der Waals surface area (Å²) in [5, 5.41) is 10.5. The Balaban J connectivity index is 3.19. The van der Waals surface area contributed by atoms with E-state index < -0.39 is 12.1 Å². The molecule has 0 saturated carbocycles. The summed E-state index contributed by atoms with van der Waals surface area (Å²) in [6.45, 7) is 1.68. The van der Waals surface area contributed by atoms with Gasteiger partial charge in [0.05, 0.1) is 23.3 Å². The number of methoxy groups -OCH3 is 1. The lowest BCUT2D eigenvalue weighted by atomic mass is 10.0. The summed E-state index contributed by atoms with van der Waals surface area (Å²) >= 11 is 11.9. The SMILES string of the molecule is COc1cc(Cl)c([C@H](O)[C@@H](C)N)c(Cl)c1. The molecule has 1 aromatic rings. The van der Waals surface area contributed by atoms with Crippen molar-refractivity contribution in [3.8, 4) is 5.75 Å². The molecule has 5 heteroatoms. The number of ether oxygens (including phenoxy) is 1. The molecule has 15 heavy (non-hydrogen) atoms. The lowest BCUT2D eigenvalue weighted by Crippen LogP contribution is -2.24. The van der Waals surface area contributed by atoms with Crippen LogP contribution in [0.25, 0.3) is 0 Å². The number of hydrogen-bond donors (Lipinski definition) is 2. The normalized spacial score (nSPS) is 14.8. The average molecular weight is 250 g/mol. The van der Waals surface area contributed by atoms with Gasteiger partial charge in [-0.1, -0.05) is 23.2 Å². The number of benzene rings is 1. The summed E-state index contributed by atoms with van der Waals surface area (Å²) in [6, 6.07) is 2.75. The van der Waals surface area contributed by atoms with Crippen LogP contribution in [-0.2, 0) is 0 Å². The van der Waals surface area contributed by atoms with Crippen molar-refractivity contribution in [3.63, 3.8) is 0 Å². The maximum atomic E-state index is 9.79. The van der Waals surface area contributed by atoms with Gasteiger partial charge in [-0.15, -0.1) is 0 Å². The standard InChI is InChI=1S/C10H13Cl2NO2/c1-5(13)10(14)9-7(11)3-6(15-2)4-8(9)12/h3-5,10,14H,13H2,1-2H3/t5-,10-/m1/s1. The highest BCUT2D eigenvalue weighted by Crippen LogP contribution is 2.35. The van der Waals surface area contributed by atoms with Crippen LogP contribution in [0, 0.1) is 0 Å². The molecule has 3 nitrogen and oxygen atoms in total. The van der Waals surface area contributed by atoms with Crippen LogP contribution < -0.4 is 10.5 Å². The topological polar surface area (TPSA) is 55.5 Å². The minimum Gasteiger partial charge on any atom is -0.497 e. The first-order valence-corrected chi connectivity index (χ1v) is 5.19. The van der Waals surface area contributed by atoms with E-state index in [2.05, 4.69) is 0 Å². The molecule has 0 aliphatic rings. The van der Waals surface area contributed by atoms with Gasteiger partial charge in [0.15, 0.2) is 0 Å². The van der Waals surface area contributed by atoms with Gasteiger partial charge in [-0.2, -0.15) is 0 Å². The third kappa shape index (κ3) is 2.75. The fraction of sp³-hybridized carbons (Fsp3) is 0.400. The first-order valence-electron chi connectivity index (χ1n) is 4.44. The van der Waals surface area contributed by atoms with Crippen LogP contribution in [0.5, 0.6) is 5.75 Å². The van der Waals surface area contributed by atoms with Crippen molar-refractivity contribution in [2.75, 3.05) is 7.11 Å². The van der Waals surface area contributed by atoms with Gasteiger partial charge < -0.3 is 15.6 Å². The van der Waals surface area contributed by atoms with Crippen molar-refractivity contribution in [2.24, 2.45) is 5.73 Å². The van der Waals surface area contributed by atoms with E-state index in [4.69, 9.17) is 33.7 Å². The van der Waals surface area contributed by atoms with E-state index >= 15 is 0 Å². The van der Waals surface area contributed by atoms with Crippen LogP contribution in [0.2, 0.25) is 10.0 Å². The zero-order chi connectivity index (χ0) is 11.6. The zero-order valence-electron chi connectivity index (χ0n) is 8.50. The highest BCUT2D eigenvalue weighted by Gasteiger charge is 2.20. The first-order chi connectivity index (χ1) is 6.97. The first kappa shape index (κ1) is 12.6. The molecule has 2 atom stereocenters. The number of halogens is 2. The van der Waals surface area contributed by atoms with E-state index in [9.17, 15) is 5.11 Å². The molecule has 0 aliphatic heterocycles. The molecule has 0 radical (unpaired) electrons. The third-order valence-corrected chi connectivity index (χ3v) is 2.71. The van der Waals surface area contributed by atoms with Crippen LogP contribution in [0.3, 0.4) is 0 Å². The number of aliphatic hydroxyl groups is 1. The summed E-state index contributed by atoms with van der Waals surface area (Å²) in [5.41, 5.74) is 6.02. The second kappa shape index (κ2) is 5.03. The molecule has 0 unspecified atom stereocenters. The van der Waals surface area contributed by atoms with Gasteiger partial charge in [0.1, 0.15) is 5.75 Å². The number of aliphatic hydroxyl groups excluding tert-OH is 1. The third-order valence-electron chi connectivity index (χ3n) is 2.08. The Hall–Kier alpha value is -0.480. The summed E-state index contributed by atoms with van der Waals surface area (Å²) in [6.07, 6.45) is -0.879. The summed E-state index contributed by atoms with van der Waals surface area (Å²) < 4.78 is 4.99. The highest BCUT2D eigenvalue weighted by atomic mass is 35.5. The van der Waals surface area contributed by atoms with Gasteiger partial charge in [0.2, 0.25) is 0 Å². The lowest BCUT2D eigenvalue weighted by Gasteiger charge is -2.18. The molecule has 0 aliphatic carbocycles. The molecule has 1 aromatic carbocycles. The Morgan fingerprint density at radius 2 is 1.80 bits per heavy atom. The van der Waals surface area contributed by atoms with Gasteiger partial charge >= 0.3 is 0 Å². The van der Waals surface area contributed by atoms with Gasteiger partial charge in [-0.3, -0.25) is 0 Å². The second-order valence-corrected chi connectivity index (χ2v) is 4.12. The Labute approximate surface area is 98.7 Å². The van der Waals surface area contributed by atoms with Crippen LogP contribution in [0.1, 0.15) is 18.6 Å². The van der Waals surface area contributed by atoms with Gasteiger partial charge in [-0.25, -0.2) is 0 Å². The highest BCUT2D eigenvalue weighted by molar-refractivity contribution is 6.36. The van der Waals surface area contributed by atoms with Crippen LogP contribution in [-0.4, -0.2) is 18.3 Å². The van der Waals surface area contributed by atoms with Crippen molar-refractivity contribution < 1.29 is 9.84 Å². The molecule has 0 amide bonds. The lowest BCUT2D eigenvalue weighted by molar-refractivity contribution is 0.153. The summed E-state index contributed by atoms with van der Waals surface area (Å²) in [5.74, 6) is 0.547. The monoisotopic (exact) mass is 249 g/mol. The van der Waals surface area contributed by atoms with Gasteiger partial charge in [0, 0.05) is 11.6 Å². The van der Waals surface area contributed by atoms with E-state index in [1.54, 1.807) is 19.1 Å². The molecular formula is C10H13Cl2NO2. The molecule has 0 spiro atoms. The fourth-order valence-electron chi connectivity index (χ4n) is 1.22.